The Morgan fingerprint density at radius 3 is 2.45 bits per heavy atom. The number of ether oxygens (including phenoxy) is 2. The van der Waals surface area contributed by atoms with Crippen LogP contribution in [0.5, 0.6) is 5.75 Å². The van der Waals surface area contributed by atoms with Crippen molar-refractivity contribution >= 4 is 28.4 Å². The van der Waals surface area contributed by atoms with Crippen molar-refractivity contribution < 1.29 is 23.9 Å². The number of hydrogen-bond acceptors (Lipinski definition) is 5. The average Bonchev–Trinajstić information content (AvgIpc) is 3.05. The highest BCUT2D eigenvalue weighted by Gasteiger charge is 2.17. The Kier molecular flexibility index (Phi) is 6.44. The normalized spacial score (nSPS) is 10.7. The molecular formula is C23H23NO5. The van der Waals surface area contributed by atoms with Crippen molar-refractivity contribution in [2.45, 2.75) is 26.7 Å². The molecule has 0 aliphatic heterocycles. The van der Waals surface area contributed by atoms with E-state index in [4.69, 9.17) is 9.47 Å². The zero-order valence-electron chi connectivity index (χ0n) is 16.5. The highest BCUT2D eigenvalue weighted by Crippen LogP contribution is 2.22. The Bertz CT molecular complexity index is 1030. The molecule has 0 aliphatic rings. The van der Waals surface area contributed by atoms with E-state index in [0.29, 0.717) is 29.9 Å². The van der Waals surface area contributed by atoms with Crippen LogP contribution in [-0.4, -0.2) is 35.7 Å². The Balaban J connectivity index is 1.42. The van der Waals surface area contributed by atoms with Crippen LogP contribution in [0.2, 0.25) is 0 Å². The van der Waals surface area contributed by atoms with Crippen molar-refractivity contribution in [2.75, 3.05) is 13.2 Å². The Hall–Kier alpha value is -3.41. The standard InChI is InChI=1S/C23H23NO5/c1-15-23(19-6-3-4-7-20(19)24-15)21(26)14-29-22(27)8-5-13-28-18-11-9-17(10-12-18)16(2)25/h3-4,6-7,9-12,24H,5,8,13-14H2,1-2H3. The Morgan fingerprint density at radius 2 is 1.72 bits per heavy atom. The van der Waals surface area contributed by atoms with Crippen LogP contribution in [0.3, 0.4) is 0 Å². The third-order valence-corrected chi connectivity index (χ3v) is 4.59. The summed E-state index contributed by atoms with van der Waals surface area (Å²) >= 11 is 0. The first-order valence-electron chi connectivity index (χ1n) is 9.45. The molecular weight excluding hydrogens is 370 g/mol. The number of nitrogens with one attached hydrogen (secondary N) is 1. The van der Waals surface area contributed by atoms with Gasteiger partial charge in [0, 0.05) is 34.1 Å². The van der Waals surface area contributed by atoms with Crippen LogP contribution in [0.25, 0.3) is 10.9 Å². The number of H-pyrrole nitrogens is 1. The van der Waals surface area contributed by atoms with Gasteiger partial charge >= 0.3 is 5.97 Å². The molecule has 0 bridgehead atoms. The van der Waals surface area contributed by atoms with E-state index in [0.717, 1.165) is 16.6 Å². The molecule has 150 valence electrons. The quantitative estimate of drug-likeness (QED) is 0.333. The average molecular weight is 393 g/mol. The molecule has 1 N–H and O–H groups in total. The molecule has 6 heteroatoms. The summed E-state index contributed by atoms with van der Waals surface area (Å²) in [5.74, 6) is -0.0356. The number of Topliss-reactive ketones (excluding diaryl/α,β-unsaturated/α-hetero) is 2. The fourth-order valence-electron chi connectivity index (χ4n) is 3.12. The number of benzene rings is 2. The third kappa shape index (κ3) is 5.10. The van der Waals surface area contributed by atoms with Gasteiger partial charge in [-0.3, -0.25) is 14.4 Å². The summed E-state index contributed by atoms with van der Waals surface area (Å²) in [5, 5.41) is 0.829. The van der Waals surface area contributed by atoms with Crippen LogP contribution in [0.15, 0.2) is 48.5 Å². The highest BCUT2D eigenvalue weighted by atomic mass is 16.5. The molecule has 29 heavy (non-hydrogen) atoms. The predicted molar refractivity (Wildman–Crippen MR) is 110 cm³/mol. The van der Waals surface area contributed by atoms with Crippen LogP contribution in [0.1, 0.15) is 46.2 Å². The maximum Gasteiger partial charge on any atom is 0.306 e. The molecule has 2 aromatic carbocycles. The molecule has 1 heterocycles. The highest BCUT2D eigenvalue weighted by molar-refractivity contribution is 6.10. The first-order valence-corrected chi connectivity index (χ1v) is 9.45. The smallest absolute Gasteiger partial charge is 0.306 e. The second-order valence-electron chi connectivity index (χ2n) is 6.79. The van der Waals surface area contributed by atoms with Gasteiger partial charge in [-0.2, -0.15) is 0 Å². The van der Waals surface area contributed by atoms with E-state index in [9.17, 15) is 14.4 Å². The molecule has 0 saturated carbocycles. The fourth-order valence-corrected chi connectivity index (χ4v) is 3.12. The van der Waals surface area contributed by atoms with Crippen molar-refractivity contribution in [3.05, 3.63) is 65.4 Å². The summed E-state index contributed by atoms with van der Waals surface area (Å²) in [6, 6.07) is 14.4. The Labute approximate surface area is 168 Å². The number of aromatic nitrogens is 1. The van der Waals surface area contributed by atoms with Crippen LogP contribution >= 0.6 is 0 Å². The summed E-state index contributed by atoms with van der Waals surface area (Å²) in [6.07, 6.45) is 0.624. The Morgan fingerprint density at radius 1 is 1.00 bits per heavy atom. The maximum atomic E-state index is 12.5. The van der Waals surface area contributed by atoms with Gasteiger partial charge in [0.15, 0.2) is 12.4 Å². The molecule has 0 spiro atoms. The zero-order chi connectivity index (χ0) is 20.8. The molecule has 0 atom stereocenters. The monoisotopic (exact) mass is 393 g/mol. The number of aromatic amines is 1. The van der Waals surface area contributed by atoms with Gasteiger partial charge in [-0.15, -0.1) is 0 Å². The van der Waals surface area contributed by atoms with Crippen LogP contribution in [0.4, 0.5) is 0 Å². The minimum Gasteiger partial charge on any atom is -0.494 e. The summed E-state index contributed by atoms with van der Waals surface area (Å²) in [6.45, 7) is 3.39. The molecule has 0 aliphatic carbocycles. The number of ketones is 2. The van der Waals surface area contributed by atoms with Crippen LogP contribution in [0, 0.1) is 6.92 Å². The van der Waals surface area contributed by atoms with E-state index in [1.54, 1.807) is 24.3 Å². The van der Waals surface area contributed by atoms with Gasteiger partial charge in [0.2, 0.25) is 5.78 Å². The van der Waals surface area contributed by atoms with Crippen LogP contribution in [-0.2, 0) is 9.53 Å². The van der Waals surface area contributed by atoms with Gasteiger partial charge in [0.25, 0.3) is 0 Å². The molecule has 0 radical (unpaired) electrons. The lowest BCUT2D eigenvalue weighted by Crippen LogP contribution is -2.15. The van der Waals surface area contributed by atoms with Gasteiger partial charge in [-0.05, 0) is 50.6 Å². The summed E-state index contributed by atoms with van der Waals surface area (Å²) in [7, 11) is 0. The molecule has 0 amide bonds. The number of carbonyl (C=O) groups is 3. The maximum absolute atomic E-state index is 12.5. The van der Waals surface area contributed by atoms with E-state index in [1.807, 2.05) is 31.2 Å². The number of aryl methyl sites for hydroxylation is 1. The minimum absolute atomic E-state index is 0.00308. The van der Waals surface area contributed by atoms with Crippen LogP contribution < -0.4 is 4.74 Å². The minimum atomic E-state index is -0.439. The second kappa shape index (κ2) is 9.19. The first kappa shape index (κ1) is 20.3. The van der Waals surface area contributed by atoms with Crippen molar-refractivity contribution in [2.24, 2.45) is 0 Å². The number of para-hydroxylation sites is 1. The number of hydrogen-bond donors (Lipinski definition) is 1. The van der Waals surface area contributed by atoms with E-state index in [2.05, 4.69) is 4.98 Å². The third-order valence-electron chi connectivity index (χ3n) is 4.59. The molecule has 6 nitrogen and oxygen atoms in total. The van der Waals surface area contributed by atoms with E-state index in [-0.39, 0.29) is 24.6 Å². The topological polar surface area (TPSA) is 85.5 Å². The number of rotatable bonds is 9. The second-order valence-corrected chi connectivity index (χ2v) is 6.79. The van der Waals surface area contributed by atoms with Gasteiger partial charge in [-0.1, -0.05) is 18.2 Å². The number of carbonyl (C=O) groups excluding carboxylic acids is 3. The molecule has 3 rings (SSSR count). The van der Waals surface area contributed by atoms with E-state index < -0.39 is 5.97 Å². The van der Waals surface area contributed by atoms with E-state index >= 15 is 0 Å². The first-order chi connectivity index (χ1) is 14.0. The largest absolute Gasteiger partial charge is 0.494 e. The molecule has 0 fully saturated rings. The lowest BCUT2D eigenvalue weighted by atomic mass is 10.1. The molecule has 0 unspecified atom stereocenters. The fraction of sp³-hybridized carbons (Fsp3) is 0.261. The number of fused-ring (bicyclic) bond motifs is 1. The van der Waals surface area contributed by atoms with E-state index in [1.165, 1.54) is 6.92 Å². The molecule has 1 aromatic heterocycles. The van der Waals surface area contributed by atoms with Crippen molar-refractivity contribution in [1.29, 1.82) is 0 Å². The SMILES string of the molecule is CC(=O)c1ccc(OCCCC(=O)OCC(=O)c2c(C)[nH]c3ccccc23)cc1. The summed E-state index contributed by atoms with van der Waals surface area (Å²) in [5.41, 5.74) is 2.83. The zero-order valence-corrected chi connectivity index (χ0v) is 16.5. The van der Waals surface area contributed by atoms with Crippen molar-refractivity contribution in [3.63, 3.8) is 0 Å². The summed E-state index contributed by atoms with van der Waals surface area (Å²) in [4.78, 5) is 38.8. The van der Waals surface area contributed by atoms with Gasteiger partial charge in [0.05, 0.1) is 6.61 Å². The lowest BCUT2D eigenvalue weighted by molar-refractivity contribution is -0.142. The lowest BCUT2D eigenvalue weighted by Gasteiger charge is -2.07. The molecule has 0 saturated heterocycles. The van der Waals surface area contributed by atoms with Crippen molar-refractivity contribution in [3.8, 4) is 5.75 Å². The number of esters is 1. The van der Waals surface area contributed by atoms with Gasteiger partial charge in [0.1, 0.15) is 5.75 Å². The van der Waals surface area contributed by atoms with Gasteiger partial charge < -0.3 is 14.5 Å². The summed E-state index contributed by atoms with van der Waals surface area (Å²) < 4.78 is 10.7. The molecule has 3 aromatic rings. The predicted octanol–water partition coefficient (Wildman–Crippen LogP) is 4.26. The van der Waals surface area contributed by atoms with Gasteiger partial charge in [-0.25, -0.2) is 0 Å². The van der Waals surface area contributed by atoms with Crippen molar-refractivity contribution in [1.82, 2.24) is 4.98 Å².